The number of hydrogen-bond donors (Lipinski definition) is 13. The van der Waals surface area contributed by atoms with E-state index in [0.717, 1.165) is 0 Å². The Morgan fingerprint density at radius 2 is 1.33 bits per heavy atom. The van der Waals surface area contributed by atoms with Gasteiger partial charge in [0, 0.05) is 24.9 Å². The standard InChI is InChI=1S/C38H65N11O12/c1-5-20(3)29(47-31(53)23(40)16-50)36(58)43-24(10-7-8-12-39)32(54)48-30(21(4)6-2)37(59)49-13-9-11-28(49)35(57)46-27(18-52)34(56)45-26(17-51)33(55)44-25(38(60)61)14-22-15-41-19-42-22/h15,19-21,23-30,50-52H,5-14,16-18,39-40H2,1-4H3,(H,41,42)(H,43,58)(H,44,55)(H,45,56)(H,46,57)(H,47,53)(H,48,54)(H,60,61)/t20-,21-,23-,24-,25-,26-,27-,28-,29-,30-/m0/s1. The number of imidazole rings is 1. The monoisotopic (exact) mass is 867 g/mol. The van der Waals surface area contributed by atoms with Crippen molar-refractivity contribution >= 4 is 47.3 Å². The molecule has 1 aromatic heterocycles. The van der Waals surface area contributed by atoms with Gasteiger partial charge in [-0.25, -0.2) is 9.78 Å². The van der Waals surface area contributed by atoms with E-state index in [4.69, 9.17) is 11.5 Å². The van der Waals surface area contributed by atoms with Gasteiger partial charge in [-0.05, 0) is 50.5 Å². The second-order valence-corrected chi connectivity index (χ2v) is 15.2. The molecule has 0 bridgehead atoms. The third-order valence-electron chi connectivity index (χ3n) is 10.7. The highest BCUT2D eigenvalue weighted by molar-refractivity contribution is 5.98. The third-order valence-corrected chi connectivity index (χ3v) is 10.7. The number of carbonyl (C=O) groups excluding carboxylic acids is 7. The summed E-state index contributed by atoms with van der Waals surface area (Å²) in [5.41, 5.74) is 11.7. The summed E-state index contributed by atoms with van der Waals surface area (Å²) < 4.78 is 0. The first-order valence-corrected chi connectivity index (χ1v) is 20.6. The van der Waals surface area contributed by atoms with Crippen LogP contribution in [-0.4, -0.2) is 164 Å². The molecule has 344 valence electrons. The number of aliphatic hydroxyl groups excluding tert-OH is 3. The third kappa shape index (κ3) is 15.6. The molecule has 15 N–H and O–H groups in total. The lowest BCUT2D eigenvalue weighted by Gasteiger charge is -2.33. The first-order valence-electron chi connectivity index (χ1n) is 20.6. The van der Waals surface area contributed by atoms with Gasteiger partial charge in [0.1, 0.15) is 48.3 Å². The van der Waals surface area contributed by atoms with E-state index in [1.165, 1.54) is 17.4 Å². The molecule has 1 saturated heterocycles. The smallest absolute Gasteiger partial charge is 0.326 e. The molecular weight excluding hydrogens is 802 g/mol. The number of unbranched alkanes of at least 4 members (excludes halogenated alkanes) is 1. The van der Waals surface area contributed by atoms with E-state index in [2.05, 4.69) is 41.9 Å². The van der Waals surface area contributed by atoms with Crippen molar-refractivity contribution in [2.24, 2.45) is 23.3 Å². The number of nitrogens with one attached hydrogen (secondary N) is 7. The molecule has 0 spiro atoms. The molecule has 1 fully saturated rings. The largest absolute Gasteiger partial charge is 0.480 e. The van der Waals surface area contributed by atoms with Crippen molar-refractivity contribution in [1.82, 2.24) is 46.8 Å². The van der Waals surface area contributed by atoms with Crippen molar-refractivity contribution < 1.29 is 58.8 Å². The Morgan fingerprint density at radius 1 is 0.770 bits per heavy atom. The quantitative estimate of drug-likeness (QED) is 0.0371. The van der Waals surface area contributed by atoms with Crippen molar-refractivity contribution in [2.45, 2.75) is 127 Å². The molecular formula is C38H65N11O12. The number of likely N-dealkylation sites (tertiary alicyclic amines) is 1. The Bertz CT molecular complexity index is 1620. The van der Waals surface area contributed by atoms with E-state index in [-0.39, 0.29) is 25.8 Å². The minimum Gasteiger partial charge on any atom is -0.480 e. The molecule has 0 aliphatic carbocycles. The minimum absolute atomic E-state index is 0.106. The van der Waals surface area contributed by atoms with Crippen molar-refractivity contribution in [1.29, 1.82) is 0 Å². The number of carbonyl (C=O) groups is 8. The SMILES string of the molecule is CC[C@H](C)[C@H](NC(=O)[C@@H](N)CO)C(=O)N[C@@H](CCCCN)C(=O)N[C@H](C(=O)N1CCC[C@H]1C(=O)N[C@@H](CO)C(=O)N[C@@H](CO)C(=O)N[C@@H](Cc1cnc[nH]1)C(=O)O)[C@@H](C)CC. The maximum absolute atomic E-state index is 14.2. The fourth-order valence-corrected chi connectivity index (χ4v) is 6.50. The summed E-state index contributed by atoms with van der Waals surface area (Å²) in [6, 6.07) is -10.6. The zero-order valence-electron chi connectivity index (χ0n) is 35.2. The number of aromatic amines is 1. The number of hydrogen-bond acceptors (Lipinski definition) is 14. The zero-order valence-corrected chi connectivity index (χ0v) is 35.2. The Morgan fingerprint density at radius 3 is 1.87 bits per heavy atom. The Kier molecular flexibility index (Phi) is 22.3. The number of carboxylic acid groups (broad SMARTS) is 1. The maximum atomic E-state index is 14.2. The normalized spacial score (nSPS) is 18.2. The van der Waals surface area contributed by atoms with Crippen molar-refractivity contribution in [3.8, 4) is 0 Å². The lowest BCUT2D eigenvalue weighted by atomic mass is 9.95. The molecule has 10 atom stereocenters. The van der Waals surface area contributed by atoms with Crippen LogP contribution in [-0.2, 0) is 44.8 Å². The van der Waals surface area contributed by atoms with Gasteiger partial charge in [-0.2, -0.15) is 0 Å². The van der Waals surface area contributed by atoms with Gasteiger partial charge in [-0.15, -0.1) is 0 Å². The van der Waals surface area contributed by atoms with Gasteiger partial charge < -0.3 is 73.7 Å². The summed E-state index contributed by atoms with van der Waals surface area (Å²) in [6.07, 6.45) is 5.00. The maximum Gasteiger partial charge on any atom is 0.326 e. The summed E-state index contributed by atoms with van der Waals surface area (Å²) >= 11 is 0. The number of H-pyrrole nitrogens is 1. The summed E-state index contributed by atoms with van der Waals surface area (Å²) in [5.74, 6) is -7.95. The number of amides is 7. The number of rotatable bonds is 27. The highest BCUT2D eigenvalue weighted by atomic mass is 16.4. The topological polar surface area (TPSA) is 374 Å². The average molecular weight is 868 g/mol. The minimum atomic E-state index is -1.67. The van der Waals surface area contributed by atoms with Crippen LogP contribution >= 0.6 is 0 Å². The van der Waals surface area contributed by atoms with E-state index in [0.29, 0.717) is 44.3 Å². The van der Waals surface area contributed by atoms with Crippen LogP contribution < -0.4 is 43.4 Å². The van der Waals surface area contributed by atoms with E-state index < -0.39 is 127 Å². The van der Waals surface area contributed by atoms with Crippen LogP contribution in [0.25, 0.3) is 0 Å². The van der Waals surface area contributed by atoms with Gasteiger partial charge in [-0.1, -0.05) is 40.5 Å². The highest BCUT2D eigenvalue weighted by Crippen LogP contribution is 2.22. The lowest BCUT2D eigenvalue weighted by Crippen LogP contribution is -2.61. The molecule has 1 aromatic rings. The summed E-state index contributed by atoms with van der Waals surface area (Å²) in [6.45, 7) is 4.92. The molecule has 0 saturated carbocycles. The van der Waals surface area contributed by atoms with E-state index in [1.807, 2.05) is 0 Å². The predicted octanol–water partition coefficient (Wildman–Crippen LogP) is -4.54. The fourth-order valence-electron chi connectivity index (χ4n) is 6.50. The average Bonchev–Trinajstić information content (AvgIpc) is 3.96. The molecule has 1 aliphatic heterocycles. The number of aliphatic carboxylic acids is 1. The van der Waals surface area contributed by atoms with Gasteiger partial charge in [0.05, 0.1) is 26.1 Å². The molecule has 0 unspecified atom stereocenters. The van der Waals surface area contributed by atoms with Crippen LogP contribution in [0, 0.1) is 11.8 Å². The van der Waals surface area contributed by atoms with Crippen LogP contribution in [0.1, 0.15) is 78.3 Å². The molecule has 1 aliphatic rings. The van der Waals surface area contributed by atoms with Crippen molar-refractivity contribution in [3.05, 3.63) is 18.2 Å². The van der Waals surface area contributed by atoms with Crippen LogP contribution in [0.3, 0.4) is 0 Å². The van der Waals surface area contributed by atoms with Crippen LogP contribution in [0.5, 0.6) is 0 Å². The molecule has 7 amide bonds. The number of nitrogens with zero attached hydrogens (tertiary/aromatic N) is 2. The molecule has 23 nitrogen and oxygen atoms in total. The van der Waals surface area contributed by atoms with Crippen LogP contribution in [0.15, 0.2) is 12.5 Å². The van der Waals surface area contributed by atoms with E-state index >= 15 is 0 Å². The summed E-state index contributed by atoms with van der Waals surface area (Å²) in [4.78, 5) is 114. The summed E-state index contributed by atoms with van der Waals surface area (Å²) in [5, 5.41) is 53.7. The van der Waals surface area contributed by atoms with Crippen LogP contribution in [0.4, 0.5) is 0 Å². The van der Waals surface area contributed by atoms with Gasteiger partial charge >= 0.3 is 5.97 Å². The Labute approximate surface area is 354 Å². The van der Waals surface area contributed by atoms with E-state index in [1.54, 1.807) is 27.7 Å². The molecule has 0 aromatic carbocycles. The van der Waals surface area contributed by atoms with Gasteiger partial charge in [0.2, 0.25) is 41.4 Å². The highest BCUT2D eigenvalue weighted by Gasteiger charge is 2.41. The lowest BCUT2D eigenvalue weighted by molar-refractivity contribution is -0.144. The first kappa shape index (κ1) is 51.9. The predicted molar refractivity (Wildman–Crippen MR) is 217 cm³/mol. The van der Waals surface area contributed by atoms with Crippen molar-refractivity contribution in [2.75, 3.05) is 32.9 Å². The first-order chi connectivity index (χ1) is 29.0. The zero-order chi connectivity index (χ0) is 45.8. The Balaban J connectivity index is 2.22. The van der Waals surface area contributed by atoms with Crippen LogP contribution in [0.2, 0.25) is 0 Å². The van der Waals surface area contributed by atoms with Crippen molar-refractivity contribution in [3.63, 3.8) is 0 Å². The number of aromatic nitrogens is 2. The molecule has 23 heteroatoms. The second kappa shape index (κ2) is 26.2. The number of carboxylic acids is 1. The van der Waals surface area contributed by atoms with E-state index in [9.17, 15) is 58.8 Å². The molecule has 2 rings (SSSR count). The van der Waals surface area contributed by atoms with Gasteiger partial charge in [0.25, 0.3) is 0 Å². The second-order valence-electron chi connectivity index (χ2n) is 15.2. The molecule has 61 heavy (non-hydrogen) atoms. The molecule has 0 radical (unpaired) electrons. The fraction of sp³-hybridized carbons (Fsp3) is 0.711. The van der Waals surface area contributed by atoms with Gasteiger partial charge in [-0.3, -0.25) is 33.6 Å². The molecule has 2 heterocycles. The van der Waals surface area contributed by atoms with Gasteiger partial charge in [0.15, 0.2) is 0 Å². The number of nitrogens with two attached hydrogens (primary N) is 2. The summed E-state index contributed by atoms with van der Waals surface area (Å²) in [7, 11) is 0. The number of aliphatic hydroxyl groups is 3. The Hall–Kier alpha value is -5.23.